The molecule has 5 unspecified atom stereocenters. The molecule has 5 nitrogen and oxygen atoms in total. The van der Waals surface area contributed by atoms with Crippen molar-refractivity contribution in [1.82, 2.24) is 15.5 Å². The minimum absolute atomic E-state index is 0.420. The van der Waals surface area contributed by atoms with Gasteiger partial charge in [0.05, 0.1) is 0 Å². The van der Waals surface area contributed by atoms with Gasteiger partial charge in [-0.05, 0) is 57.4 Å². The summed E-state index contributed by atoms with van der Waals surface area (Å²) in [5, 5.41) is 7.49. The molecule has 0 aliphatic heterocycles. The zero-order chi connectivity index (χ0) is 17.5. The predicted molar refractivity (Wildman–Crippen MR) is 103 cm³/mol. The number of nitrogens with zero attached hydrogens (tertiary/aromatic N) is 1. The monoisotopic (exact) mass is 339 g/mol. The fourth-order valence-corrected chi connectivity index (χ4v) is 4.48. The Morgan fingerprint density at radius 2 is 1.21 bits per heavy atom. The Morgan fingerprint density at radius 3 is 1.58 bits per heavy atom. The Morgan fingerprint density at radius 1 is 0.792 bits per heavy atom. The van der Waals surface area contributed by atoms with Crippen LogP contribution in [0.3, 0.4) is 0 Å². The van der Waals surface area contributed by atoms with Gasteiger partial charge < -0.3 is 27.0 Å². The smallest absolute Gasteiger partial charge is 0.0104 e. The topological polar surface area (TPSA) is 79.3 Å². The van der Waals surface area contributed by atoms with Gasteiger partial charge in [-0.15, -0.1) is 0 Å². The highest BCUT2D eigenvalue weighted by Gasteiger charge is 2.26. The molecular weight excluding hydrogens is 298 g/mol. The van der Waals surface area contributed by atoms with Crippen molar-refractivity contribution in [2.75, 3.05) is 33.2 Å². The van der Waals surface area contributed by atoms with E-state index in [1.165, 1.54) is 38.5 Å². The van der Waals surface area contributed by atoms with Gasteiger partial charge in [0.25, 0.3) is 0 Å². The van der Waals surface area contributed by atoms with Gasteiger partial charge in [-0.2, -0.15) is 0 Å². The lowest BCUT2D eigenvalue weighted by atomic mass is 9.83. The van der Waals surface area contributed by atoms with Gasteiger partial charge in [0, 0.05) is 50.3 Å². The van der Waals surface area contributed by atoms with Crippen LogP contribution in [0, 0.1) is 11.8 Å². The molecule has 0 spiro atoms. The number of rotatable bonds is 8. The van der Waals surface area contributed by atoms with Gasteiger partial charge in [0.2, 0.25) is 0 Å². The highest BCUT2D eigenvalue weighted by Crippen LogP contribution is 2.23. The second-order valence-electron chi connectivity index (χ2n) is 8.53. The molecule has 0 heterocycles. The summed E-state index contributed by atoms with van der Waals surface area (Å²) in [5.41, 5.74) is 12.1. The standard InChI is InChI=1S/C19H41N5/c1-14-12-16(20)4-6-18(14)22-8-10-24(3)11-9-23-19-7-5-17(21)13-15(19)2/h14-19,22-23H,4-13,20-21H2,1-3H3/t14-,15?,16?,17?,18?,19?/m1/s1. The molecule has 142 valence electrons. The highest BCUT2D eigenvalue weighted by molar-refractivity contribution is 4.85. The van der Waals surface area contributed by atoms with Crippen molar-refractivity contribution < 1.29 is 0 Å². The van der Waals surface area contributed by atoms with E-state index in [-0.39, 0.29) is 0 Å². The van der Waals surface area contributed by atoms with Crippen LogP contribution in [-0.2, 0) is 0 Å². The summed E-state index contributed by atoms with van der Waals surface area (Å²) in [7, 11) is 2.23. The maximum atomic E-state index is 6.05. The van der Waals surface area contributed by atoms with E-state index >= 15 is 0 Å². The molecule has 0 radical (unpaired) electrons. The lowest BCUT2D eigenvalue weighted by molar-refractivity contribution is 0.232. The van der Waals surface area contributed by atoms with Crippen LogP contribution < -0.4 is 22.1 Å². The second kappa shape index (κ2) is 10.1. The Balaban J connectivity index is 1.53. The van der Waals surface area contributed by atoms with Gasteiger partial charge in [0.1, 0.15) is 0 Å². The molecule has 5 heteroatoms. The van der Waals surface area contributed by atoms with E-state index < -0.39 is 0 Å². The van der Waals surface area contributed by atoms with Crippen molar-refractivity contribution in [3.8, 4) is 0 Å². The summed E-state index contributed by atoms with van der Waals surface area (Å²) < 4.78 is 0. The molecule has 2 aliphatic carbocycles. The van der Waals surface area contributed by atoms with Crippen molar-refractivity contribution in [3.63, 3.8) is 0 Å². The van der Waals surface area contributed by atoms with Crippen LogP contribution in [-0.4, -0.2) is 62.3 Å². The largest absolute Gasteiger partial charge is 0.328 e. The maximum Gasteiger partial charge on any atom is 0.0104 e. The Kier molecular flexibility index (Phi) is 8.44. The highest BCUT2D eigenvalue weighted by atomic mass is 15.1. The predicted octanol–water partition coefficient (Wildman–Crippen LogP) is 1.13. The lowest BCUT2D eigenvalue weighted by Crippen LogP contribution is -2.47. The maximum absolute atomic E-state index is 6.05. The molecule has 6 atom stereocenters. The molecule has 2 rings (SSSR count). The first-order valence-corrected chi connectivity index (χ1v) is 10.1. The SMILES string of the molecule is CC1CC(N)CCC1NCCN(C)CCNC1CCC(N)C[C@H]1C. The summed E-state index contributed by atoms with van der Waals surface area (Å²) >= 11 is 0. The molecule has 2 aliphatic rings. The Hall–Kier alpha value is -0.200. The summed E-state index contributed by atoms with van der Waals surface area (Å²) in [6, 6.07) is 2.15. The normalized spacial score (nSPS) is 37.8. The quantitative estimate of drug-likeness (QED) is 0.533. The minimum atomic E-state index is 0.420. The van der Waals surface area contributed by atoms with Crippen molar-refractivity contribution in [2.45, 2.75) is 76.5 Å². The molecule has 0 aromatic carbocycles. The van der Waals surface area contributed by atoms with E-state index in [0.29, 0.717) is 36.0 Å². The first kappa shape index (κ1) is 20.1. The van der Waals surface area contributed by atoms with E-state index in [2.05, 4.69) is 36.4 Å². The average molecular weight is 340 g/mol. The van der Waals surface area contributed by atoms with Gasteiger partial charge in [-0.25, -0.2) is 0 Å². The van der Waals surface area contributed by atoms with E-state index in [0.717, 1.165) is 26.2 Å². The zero-order valence-corrected chi connectivity index (χ0v) is 16.1. The molecule has 0 amide bonds. The third-order valence-corrected chi connectivity index (χ3v) is 6.22. The van der Waals surface area contributed by atoms with Crippen LogP contribution in [0.4, 0.5) is 0 Å². The van der Waals surface area contributed by atoms with Crippen LogP contribution in [0.15, 0.2) is 0 Å². The summed E-state index contributed by atoms with van der Waals surface area (Å²) in [6.45, 7) is 9.05. The fourth-order valence-electron chi connectivity index (χ4n) is 4.48. The zero-order valence-electron chi connectivity index (χ0n) is 16.1. The first-order valence-electron chi connectivity index (χ1n) is 10.1. The van der Waals surface area contributed by atoms with E-state index in [1.54, 1.807) is 0 Å². The summed E-state index contributed by atoms with van der Waals surface area (Å²) in [5.74, 6) is 1.42. The van der Waals surface area contributed by atoms with E-state index in [9.17, 15) is 0 Å². The van der Waals surface area contributed by atoms with Gasteiger partial charge in [0.15, 0.2) is 0 Å². The van der Waals surface area contributed by atoms with Crippen LogP contribution >= 0.6 is 0 Å². The number of nitrogens with two attached hydrogens (primary N) is 2. The molecule has 0 aromatic heterocycles. The van der Waals surface area contributed by atoms with Crippen LogP contribution in [0.1, 0.15) is 52.4 Å². The van der Waals surface area contributed by atoms with Crippen molar-refractivity contribution in [1.29, 1.82) is 0 Å². The van der Waals surface area contributed by atoms with Crippen molar-refractivity contribution in [3.05, 3.63) is 0 Å². The number of hydrogen-bond acceptors (Lipinski definition) is 5. The van der Waals surface area contributed by atoms with Crippen LogP contribution in [0.25, 0.3) is 0 Å². The number of hydrogen-bond donors (Lipinski definition) is 4. The Bertz CT molecular complexity index is 319. The third-order valence-electron chi connectivity index (χ3n) is 6.22. The third kappa shape index (κ3) is 6.60. The average Bonchev–Trinajstić information content (AvgIpc) is 2.51. The Labute approximate surface area is 149 Å². The molecule has 2 saturated carbocycles. The molecular formula is C19H41N5. The fraction of sp³-hybridized carbons (Fsp3) is 1.00. The number of likely N-dealkylation sites (N-methyl/N-ethyl adjacent to an activating group) is 1. The van der Waals surface area contributed by atoms with Gasteiger partial charge in [-0.1, -0.05) is 13.8 Å². The van der Waals surface area contributed by atoms with Gasteiger partial charge >= 0.3 is 0 Å². The van der Waals surface area contributed by atoms with Crippen molar-refractivity contribution in [2.24, 2.45) is 23.3 Å². The summed E-state index contributed by atoms with van der Waals surface area (Å²) in [4.78, 5) is 2.43. The molecule has 24 heavy (non-hydrogen) atoms. The van der Waals surface area contributed by atoms with E-state index in [1.807, 2.05) is 0 Å². The summed E-state index contributed by atoms with van der Waals surface area (Å²) in [6.07, 6.45) is 7.14. The number of nitrogens with one attached hydrogen (secondary N) is 2. The molecule has 0 bridgehead atoms. The minimum Gasteiger partial charge on any atom is -0.328 e. The van der Waals surface area contributed by atoms with E-state index in [4.69, 9.17) is 11.5 Å². The molecule has 0 aromatic rings. The molecule has 6 N–H and O–H groups in total. The van der Waals surface area contributed by atoms with Gasteiger partial charge in [-0.3, -0.25) is 0 Å². The lowest BCUT2D eigenvalue weighted by Gasteiger charge is -2.34. The van der Waals surface area contributed by atoms with Crippen LogP contribution in [0.2, 0.25) is 0 Å². The molecule has 2 fully saturated rings. The second-order valence-corrected chi connectivity index (χ2v) is 8.53. The molecule has 0 saturated heterocycles. The first-order chi connectivity index (χ1) is 11.5. The van der Waals surface area contributed by atoms with Crippen LogP contribution in [0.5, 0.6) is 0 Å². The van der Waals surface area contributed by atoms with Crippen molar-refractivity contribution >= 4 is 0 Å².